The fourth-order valence-corrected chi connectivity index (χ4v) is 3.80. The minimum atomic E-state index is 0.0739. The van der Waals surface area contributed by atoms with E-state index >= 15 is 0 Å². The maximum absolute atomic E-state index is 12.6. The number of nitrogens with zero attached hydrogens (tertiary/aromatic N) is 4. The van der Waals surface area contributed by atoms with E-state index in [1.807, 2.05) is 17.9 Å². The van der Waals surface area contributed by atoms with Crippen LogP contribution in [0.25, 0.3) is 0 Å². The lowest BCUT2D eigenvalue weighted by Crippen LogP contribution is -2.46. The normalized spacial score (nSPS) is 22.6. The van der Waals surface area contributed by atoms with Crippen LogP contribution in [-0.4, -0.2) is 90.1 Å². The van der Waals surface area contributed by atoms with Gasteiger partial charge in [-0.1, -0.05) is 11.8 Å². The number of rotatable bonds is 5. The molecule has 0 radical (unpaired) electrons. The molecule has 0 spiro atoms. The molecule has 7 nitrogen and oxygen atoms in total. The minimum absolute atomic E-state index is 0.0739. The number of aromatic nitrogens is 2. The first-order valence-electron chi connectivity index (χ1n) is 8.82. The highest BCUT2D eigenvalue weighted by Crippen LogP contribution is 2.15. The first kappa shape index (κ1) is 18.6. The molecule has 25 heavy (non-hydrogen) atoms. The second-order valence-corrected chi connectivity index (χ2v) is 7.31. The fourth-order valence-electron chi connectivity index (χ4n) is 3.02. The van der Waals surface area contributed by atoms with Gasteiger partial charge in [0.05, 0.1) is 25.1 Å². The molecule has 0 saturated carbocycles. The number of hydrogen-bond donors (Lipinski definition) is 0. The van der Waals surface area contributed by atoms with Crippen LogP contribution in [0.2, 0.25) is 0 Å². The molecular formula is C17H26N4O3S. The first-order chi connectivity index (χ1) is 12.2. The van der Waals surface area contributed by atoms with E-state index in [2.05, 4.69) is 14.9 Å². The maximum Gasteiger partial charge on any atom is 0.233 e. The Kier molecular flexibility index (Phi) is 7.03. The summed E-state index contributed by atoms with van der Waals surface area (Å²) in [5.74, 6) is 0.501. The average molecular weight is 366 g/mol. The van der Waals surface area contributed by atoms with E-state index in [0.29, 0.717) is 24.1 Å². The second kappa shape index (κ2) is 9.47. The molecule has 2 aliphatic rings. The number of aryl methyl sites for hydroxylation is 1. The highest BCUT2D eigenvalue weighted by Gasteiger charge is 2.25. The predicted octanol–water partition coefficient (Wildman–Crippen LogP) is 0.827. The van der Waals surface area contributed by atoms with Gasteiger partial charge in [-0.25, -0.2) is 9.97 Å². The number of morpholine rings is 1. The molecule has 3 heterocycles. The number of amides is 1. The summed E-state index contributed by atoms with van der Waals surface area (Å²) >= 11 is 1.40. The van der Waals surface area contributed by atoms with Crippen LogP contribution in [0.5, 0.6) is 0 Å². The molecule has 0 bridgehead atoms. The molecule has 2 saturated heterocycles. The van der Waals surface area contributed by atoms with Gasteiger partial charge in [0.2, 0.25) is 5.91 Å². The van der Waals surface area contributed by atoms with Gasteiger partial charge in [0, 0.05) is 51.2 Å². The van der Waals surface area contributed by atoms with E-state index in [4.69, 9.17) is 9.47 Å². The van der Waals surface area contributed by atoms with Crippen LogP contribution in [0, 0.1) is 6.92 Å². The van der Waals surface area contributed by atoms with Gasteiger partial charge in [0.15, 0.2) is 5.16 Å². The molecule has 2 aliphatic heterocycles. The van der Waals surface area contributed by atoms with E-state index < -0.39 is 0 Å². The molecule has 1 unspecified atom stereocenters. The number of ether oxygens (including phenoxy) is 2. The smallest absolute Gasteiger partial charge is 0.233 e. The van der Waals surface area contributed by atoms with Gasteiger partial charge in [-0.15, -0.1) is 0 Å². The topological polar surface area (TPSA) is 67.8 Å². The van der Waals surface area contributed by atoms with Gasteiger partial charge in [-0.3, -0.25) is 9.69 Å². The Morgan fingerprint density at radius 3 is 2.96 bits per heavy atom. The van der Waals surface area contributed by atoms with Gasteiger partial charge < -0.3 is 14.4 Å². The molecule has 3 rings (SSSR count). The Morgan fingerprint density at radius 2 is 2.16 bits per heavy atom. The Balaban J connectivity index is 1.50. The third-order valence-electron chi connectivity index (χ3n) is 4.37. The number of hydrogen-bond acceptors (Lipinski definition) is 7. The van der Waals surface area contributed by atoms with Crippen LogP contribution in [0.1, 0.15) is 12.1 Å². The summed E-state index contributed by atoms with van der Waals surface area (Å²) in [6, 6.07) is 1.86. The fraction of sp³-hybridized carbons (Fsp3) is 0.706. The van der Waals surface area contributed by atoms with E-state index in [1.54, 1.807) is 6.20 Å². The van der Waals surface area contributed by atoms with Crippen LogP contribution in [0.4, 0.5) is 0 Å². The summed E-state index contributed by atoms with van der Waals surface area (Å²) in [6.45, 7) is 8.36. The highest BCUT2D eigenvalue weighted by molar-refractivity contribution is 7.99. The van der Waals surface area contributed by atoms with Crippen molar-refractivity contribution >= 4 is 17.7 Å². The van der Waals surface area contributed by atoms with Crippen molar-refractivity contribution < 1.29 is 14.3 Å². The molecule has 1 amide bonds. The van der Waals surface area contributed by atoms with Crippen molar-refractivity contribution in [1.82, 2.24) is 19.8 Å². The van der Waals surface area contributed by atoms with Crippen molar-refractivity contribution in [3.8, 4) is 0 Å². The third-order valence-corrected chi connectivity index (χ3v) is 5.21. The third kappa shape index (κ3) is 5.91. The zero-order valence-corrected chi connectivity index (χ0v) is 15.5. The standard InChI is InChI=1S/C17H26N4O3S/c1-14-3-4-18-17(19-14)25-13-16(22)21-5-2-8-24-15(12-21)11-20-6-9-23-10-7-20/h3-4,15H,2,5-13H2,1H3. The lowest BCUT2D eigenvalue weighted by molar-refractivity contribution is -0.129. The first-order valence-corrected chi connectivity index (χ1v) is 9.81. The Bertz CT molecular complexity index is 569. The molecule has 1 aromatic rings. The van der Waals surface area contributed by atoms with E-state index in [9.17, 15) is 4.79 Å². The molecule has 138 valence electrons. The van der Waals surface area contributed by atoms with Crippen molar-refractivity contribution in [1.29, 1.82) is 0 Å². The molecule has 0 N–H and O–H groups in total. The second-order valence-electron chi connectivity index (χ2n) is 6.37. The summed E-state index contributed by atoms with van der Waals surface area (Å²) in [6.07, 6.45) is 2.69. The molecule has 0 aliphatic carbocycles. The summed E-state index contributed by atoms with van der Waals surface area (Å²) in [4.78, 5) is 25.4. The van der Waals surface area contributed by atoms with Gasteiger partial charge in [-0.2, -0.15) is 0 Å². The van der Waals surface area contributed by atoms with E-state index in [1.165, 1.54) is 11.8 Å². The SMILES string of the molecule is Cc1ccnc(SCC(=O)N2CCCOC(CN3CCOCC3)C2)n1. The quantitative estimate of drug-likeness (QED) is 0.565. The van der Waals surface area contributed by atoms with Gasteiger partial charge in [0.1, 0.15) is 0 Å². The number of carbonyl (C=O) groups is 1. The van der Waals surface area contributed by atoms with Crippen molar-refractivity contribution in [2.75, 3.05) is 58.3 Å². The van der Waals surface area contributed by atoms with Gasteiger partial charge >= 0.3 is 0 Å². The zero-order chi connectivity index (χ0) is 17.5. The minimum Gasteiger partial charge on any atom is -0.379 e. The van der Waals surface area contributed by atoms with Crippen molar-refractivity contribution in [3.05, 3.63) is 18.0 Å². The summed E-state index contributed by atoms with van der Waals surface area (Å²) in [5.41, 5.74) is 0.915. The van der Waals surface area contributed by atoms with Gasteiger partial charge in [0.25, 0.3) is 0 Å². The van der Waals surface area contributed by atoms with Crippen LogP contribution in [-0.2, 0) is 14.3 Å². The van der Waals surface area contributed by atoms with Crippen LogP contribution in [0.15, 0.2) is 17.4 Å². The lowest BCUT2D eigenvalue weighted by Gasteiger charge is -2.31. The van der Waals surface area contributed by atoms with E-state index in [-0.39, 0.29) is 12.0 Å². The van der Waals surface area contributed by atoms with Crippen molar-refractivity contribution in [2.45, 2.75) is 24.6 Å². The van der Waals surface area contributed by atoms with Crippen molar-refractivity contribution in [3.63, 3.8) is 0 Å². The summed E-state index contributed by atoms with van der Waals surface area (Å²) in [7, 11) is 0. The Morgan fingerprint density at radius 1 is 1.32 bits per heavy atom. The molecule has 1 atom stereocenters. The highest BCUT2D eigenvalue weighted by atomic mass is 32.2. The predicted molar refractivity (Wildman–Crippen MR) is 95.7 cm³/mol. The number of thioether (sulfide) groups is 1. The molecule has 0 aromatic carbocycles. The molecule has 2 fully saturated rings. The van der Waals surface area contributed by atoms with E-state index in [0.717, 1.165) is 51.5 Å². The molecular weight excluding hydrogens is 340 g/mol. The Hall–Kier alpha value is -1.22. The summed E-state index contributed by atoms with van der Waals surface area (Å²) in [5, 5.41) is 0.657. The van der Waals surface area contributed by atoms with Gasteiger partial charge in [-0.05, 0) is 19.4 Å². The summed E-state index contributed by atoms with van der Waals surface area (Å²) < 4.78 is 11.4. The number of carbonyl (C=O) groups excluding carboxylic acids is 1. The molecule has 1 aromatic heterocycles. The lowest BCUT2D eigenvalue weighted by atomic mass is 10.2. The Labute approximate surface area is 153 Å². The largest absolute Gasteiger partial charge is 0.379 e. The molecule has 8 heteroatoms. The van der Waals surface area contributed by atoms with Crippen molar-refractivity contribution in [2.24, 2.45) is 0 Å². The monoisotopic (exact) mass is 366 g/mol. The average Bonchev–Trinajstić information content (AvgIpc) is 2.86. The maximum atomic E-state index is 12.6. The van der Waals surface area contributed by atoms with Crippen LogP contribution >= 0.6 is 11.8 Å². The zero-order valence-electron chi connectivity index (χ0n) is 14.7. The van der Waals surface area contributed by atoms with Crippen LogP contribution in [0.3, 0.4) is 0 Å². The van der Waals surface area contributed by atoms with Crippen LogP contribution < -0.4 is 0 Å².